The van der Waals surface area contributed by atoms with Gasteiger partial charge in [-0.25, -0.2) is 8.42 Å². The highest BCUT2D eigenvalue weighted by molar-refractivity contribution is 7.89. The van der Waals surface area contributed by atoms with Crippen LogP contribution in [0.1, 0.15) is 41.6 Å². The second-order valence-corrected chi connectivity index (χ2v) is 9.07. The van der Waals surface area contributed by atoms with Crippen molar-refractivity contribution in [3.05, 3.63) is 47.5 Å². The summed E-state index contributed by atoms with van der Waals surface area (Å²) in [7, 11) is -2.39. The predicted molar refractivity (Wildman–Crippen MR) is 111 cm³/mol. The lowest BCUT2D eigenvalue weighted by Gasteiger charge is -2.21. The van der Waals surface area contributed by atoms with E-state index in [9.17, 15) is 18.3 Å². The Balaban J connectivity index is 1.94. The van der Waals surface area contributed by atoms with E-state index in [0.717, 1.165) is 31.2 Å². The first-order chi connectivity index (χ1) is 13.8. The molecule has 29 heavy (non-hydrogen) atoms. The number of amides is 1. The molecule has 0 atom stereocenters. The van der Waals surface area contributed by atoms with E-state index in [4.69, 9.17) is 4.74 Å². The van der Waals surface area contributed by atoms with Crippen LogP contribution in [0, 0.1) is 6.92 Å². The van der Waals surface area contributed by atoms with Crippen LogP contribution in [0.2, 0.25) is 0 Å². The number of nitrogens with zero attached hydrogens (tertiary/aromatic N) is 1. The molecule has 1 amide bonds. The molecule has 1 aliphatic rings. The Hall–Kier alpha value is -2.58. The molecule has 1 fully saturated rings. The maximum Gasteiger partial charge on any atom is 0.255 e. The first-order valence-electron chi connectivity index (χ1n) is 9.62. The van der Waals surface area contributed by atoms with Gasteiger partial charge in [0, 0.05) is 18.7 Å². The van der Waals surface area contributed by atoms with Crippen molar-refractivity contribution in [1.29, 1.82) is 0 Å². The van der Waals surface area contributed by atoms with Gasteiger partial charge in [-0.2, -0.15) is 4.31 Å². The first kappa shape index (κ1) is 21.1. The van der Waals surface area contributed by atoms with Gasteiger partial charge in [-0.3, -0.25) is 4.79 Å². The van der Waals surface area contributed by atoms with Crippen molar-refractivity contribution in [2.24, 2.45) is 0 Å². The number of methoxy groups -OCH3 is 1. The van der Waals surface area contributed by atoms with Crippen molar-refractivity contribution < 1.29 is 23.1 Å². The fourth-order valence-electron chi connectivity index (χ4n) is 3.39. The molecule has 0 aliphatic carbocycles. The van der Waals surface area contributed by atoms with Gasteiger partial charge in [0.25, 0.3) is 5.91 Å². The van der Waals surface area contributed by atoms with Crippen LogP contribution in [0.4, 0.5) is 5.69 Å². The van der Waals surface area contributed by atoms with E-state index >= 15 is 0 Å². The average Bonchev–Trinajstić information content (AvgIpc) is 3.00. The summed E-state index contributed by atoms with van der Waals surface area (Å²) >= 11 is 0. The topological polar surface area (TPSA) is 95.9 Å². The van der Waals surface area contributed by atoms with Gasteiger partial charge in [-0.1, -0.05) is 18.9 Å². The van der Waals surface area contributed by atoms with Gasteiger partial charge in [0.1, 0.15) is 16.4 Å². The molecule has 0 spiro atoms. The van der Waals surface area contributed by atoms with Gasteiger partial charge < -0.3 is 15.2 Å². The third-order valence-electron chi connectivity index (χ3n) is 5.01. The van der Waals surface area contributed by atoms with Gasteiger partial charge in [0.2, 0.25) is 10.0 Å². The van der Waals surface area contributed by atoms with E-state index in [1.165, 1.54) is 35.7 Å². The highest BCUT2D eigenvalue weighted by atomic mass is 32.2. The van der Waals surface area contributed by atoms with Crippen LogP contribution in [0.3, 0.4) is 0 Å². The zero-order chi connectivity index (χ0) is 21.0. The maximum atomic E-state index is 13.2. The van der Waals surface area contributed by atoms with Crippen molar-refractivity contribution in [3.63, 3.8) is 0 Å². The number of nitrogens with one attached hydrogen (secondary N) is 1. The summed E-state index contributed by atoms with van der Waals surface area (Å²) in [5.41, 5.74) is 1.31. The van der Waals surface area contributed by atoms with Gasteiger partial charge in [-0.15, -0.1) is 0 Å². The standard InChI is InChI=1S/C21H26N2O5S/c1-15-7-9-18(24)17(13-15)22-21(25)16-8-10-19(28-2)20(14-16)29(26,27)23-11-5-3-4-6-12-23/h7-10,13-14,24H,3-6,11-12H2,1-2H3,(H,22,25). The van der Waals surface area contributed by atoms with Gasteiger partial charge in [0.15, 0.2) is 0 Å². The monoisotopic (exact) mass is 418 g/mol. The number of anilines is 1. The number of carbonyl (C=O) groups is 1. The minimum absolute atomic E-state index is 0.0250. The predicted octanol–water partition coefficient (Wildman–Crippen LogP) is 3.53. The summed E-state index contributed by atoms with van der Waals surface area (Å²) in [6.07, 6.45) is 3.64. The molecule has 0 aromatic heterocycles. The summed E-state index contributed by atoms with van der Waals surface area (Å²) in [6.45, 7) is 2.76. The number of hydrogen-bond acceptors (Lipinski definition) is 5. The van der Waals surface area contributed by atoms with E-state index < -0.39 is 15.9 Å². The molecule has 7 nitrogen and oxygen atoms in total. The Morgan fingerprint density at radius 1 is 1.07 bits per heavy atom. The third-order valence-corrected chi connectivity index (χ3v) is 6.93. The van der Waals surface area contributed by atoms with Crippen molar-refractivity contribution >= 4 is 21.6 Å². The minimum Gasteiger partial charge on any atom is -0.506 e. The number of rotatable bonds is 5. The fourth-order valence-corrected chi connectivity index (χ4v) is 5.08. The van der Waals surface area contributed by atoms with Gasteiger partial charge in [0.05, 0.1) is 12.8 Å². The average molecular weight is 419 g/mol. The Kier molecular flexibility index (Phi) is 6.44. The third kappa shape index (κ3) is 4.71. The molecule has 156 valence electrons. The molecule has 0 saturated carbocycles. The Labute approximate surface area is 171 Å². The molecule has 0 unspecified atom stereocenters. The van der Waals surface area contributed by atoms with Crippen molar-refractivity contribution in [1.82, 2.24) is 4.31 Å². The quantitative estimate of drug-likeness (QED) is 0.724. The number of phenolic OH excluding ortho intramolecular Hbond substituents is 1. The van der Waals surface area contributed by atoms with E-state index in [-0.39, 0.29) is 27.6 Å². The molecule has 3 rings (SSSR count). The van der Waals surface area contributed by atoms with Crippen LogP contribution in [-0.4, -0.2) is 43.9 Å². The van der Waals surface area contributed by atoms with Crippen LogP contribution in [0.15, 0.2) is 41.3 Å². The number of carbonyl (C=O) groups excluding carboxylic acids is 1. The second kappa shape index (κ2) is 8.84. The van der Waals surface area contributed by atoms with E-state index in [1.54, 1.807) is 12.1 Å². The van der Waals surface area contributed by atoms with Crippen LogP contribution in [0.25, 0.3) is 0 Å². The first-order valence-corrected chi connectivity index (χ1v) is 11.1. The largest absolute Gasteiger partial charge is 0.506 e. The molecule has 0 bridgehead atoms. The minimum atomic E-state index is -3.79. The number of benzene rings is 2. The van der Waals surface area contributed by atoms with E-state index in [2.05, 4.69) is 5.32 Å². The van der Waals surface area contributed by atoms with Crippen LogP contribution in [-0.2, 0) is 10.0 Å². The van der Waals surface area contributed by atoms with E-state index in [0.29, 0.717) is 13.1 Å². The molecule has 1 saturated heterocycles. The molecule has 2 aromatic carbocycles. The van der Waals surface area contributed by atoms with Crippen LogP contribution >= 0.6 is 0 Å². The number of aryl methyl sites for hydroxylation is 1. The molecule has 2 N–H and O–H groups in total. The molecular weight excluding hydrogens is 392 g/mol. The molecule has 1 heterocycles. The second-order valence-electron chi connectivity index (χ2n) is 7.16. The maximum absolute atomic E-state index is 13.2. The lowest BCUT2D eigenvalue weighted by atomic mass is 10.1. The SMILES string of the molecule is COc1ccc(C(=O)Nc2cc(C)ccc2O)cc1S(=O)(=O)N1CCCCCC1. The summed E-state index contributed by atoms with van der Waals surface area (Å²) < 4.78 is 33.2. The number of aromatic hydroxyl groups is 1. The lowest BCUT2D eigenvalue weighted by Crippen LogP contribution is -2.32. The van der Waals surface area contributed by atoms with Crippen molar-refractivity contribution in [2.45, 2.75) is 37.5 Å². The summed E-state index contributed by atoms with van der Waals surface area (Å²) in [5, 5.41) is 12.6. The molecule has 0 radical (unpaired) electrons. The Bertz CT molecular complexity index is 996. The number of ether oxygens (including phenoxy) is 1. The lowest BCUT2D eigenvalue weighted by molar-refractivity contribution is 0.102. The molecule has 8 heteroatoms. The van der Waals surface area contributed by atoms with Crippen molar-refractivity contribution in [3.8, 4) is 11.5 Å². The summed E-state index contributed by atoms with van der Waals surface area (Å²) in [6, 6.07) is 9.18. The van der Waals surface area contributed by atoms with Gasteiger partial charge >= 0.3 is 0 Å². The fraction of sp³-hybridized carbons (Fsp3) is 0.381. The smallest absolute Gasteiger partial charge is 0.255 e. The molecule has 1 aliphatic heterocycles. The van der Waals surface area contributed by atoms with Crippen LogP contribution < -0.4 is 10.1 Å². The number of sulfonamides is 1. The highest BCUT2D eigenvalue weighted by Crippen LogP contribution is 2.30. The number of hydrogen-bond donors (Lipinski definition) is 2. The number of phenols is 1. The summed E-state index contributed by atoms with van der Waals surface area (Å²) in [4.78, 5) is 12.7. The highest BCUT2D eigenvalue weighted by Gasteiger charge is 2.29. The molecular formula is C21H26N2O5S. The van der Waals surface area contributed by atoms with Crippen LogP contribution in [0.5, 0.6) is 11.5 Å². The zero-order valence-corrected chi connectivity index (χ0v) is 17.5. The van der Waals surface area contributed by atoms with E-state index in [1.807, 2.05) is 6.92 Å². The van der Waals surface area contributed by atoms with Crippen molar-refractivity contribution in [2.75, 3.05) is 25.5 Å². The van der Waals surface area contributed by atoms with Gasteiger partial charge in [-0.05, 0) is 55.7 Å². The Morgan fingerprint density at radius 3 is 2.41 bits per heavy atom. The Morgan fingerprint density at radius 2 is 1.76 bits per heavy atom. The normalized spacial score (nSPS) is 15.5. The molecule has 2 aromatic rings. The summed E-state index contributed by atoms with van der Waals surface area (Å²) in [5.74, 6) is -0.375. The zero-order valence-electron chi connectivity index (χ0n) is 16.6.